The Labute approximate surface area is 76.9 Å². The molecule has 72 valence electrons. The smallest absolute Gasteiger partial charge is 0.255 e. The molecule has 0 atom stereocenters. The molecule has 0 bridgehead atoms. The van der Waals surface area contributed by atoms with Crippen molar-refractivity contribution in [3.8, 4) is 0 Å². The van der Waals surface area contributed by atoms with Crippen LogP contribution in [-0.4, -0.2) is 18.2 Å². The van der Waals surface area contributed by atoms with Crippen LogP contribution in [0.2, 0.25) is 0 Å². The Kier molecular flexibility index (Phi) is 2.53. The minimum absolute atomic E-state index is 0.0485. The Bertz CT molecular complexity index is 419. The topological polar surface area (TPSA) is 78.0 Å². The number of rotatable bonds is 3. The second kappa shape index (κ2) is 3.31. The summed E-state index contributed by atoms with van der Waals surface area (Å²) in [5.41, 5.74) is 0.569. The monoisotopic (exact) mass is 201 g/mol. The molecule has 5 nitrogen and oxygen atoms in total. The maximum atomic E-state index is 11.1. The van der Waals surface area contributed by atoms with Gasteiger partial charge in [-0.25, -0.2) is 13.6 Å². The highest BCUT2D eigenvalue weighted by Gasteiger charge is 2.17. The van der Waals surface area contributed by atoms with Crippen LogP contribution in [0.5, 0.6) is 0 Å². The summed E-state index contributed by atoms with van der Waals surface area (Å²) in [5, 5.41) is 8.87. The Morgan fingerprint density at radius 1 is 1.77 bits per heavy atom. The fourth-order valence-electron chi connectivity index (χ4n) is 1.13. The van der Waals surface area contributed by atoms with Gasteiger partial charge < -0.3 is 0 Å². The second-order valence-corrected chi connectivity index (χ2v) is 4.11. The number of nitrogens with two attached hydrogens (primary N) is 1. The second-order valence-electron chi connectivity index (χ2n) is 2.64. The first-order valence-electron chi connectivity index (χ1n) is 3.61. The number of primary sulfonamides is 1. The first-order valence-corrected chi connectivity index (χ1v) is 5.16. The molecule has 1 aromatic heterocycles. The highest BCUT2D eigenvalue weighted by atomic mass is 32.2. The van der Waals surface area contributed by atoms with Crippen LogP contribution in [0, 0.1) is 0 Å². The first kappa shape index (κ1) is 9.94. The summed E-state index contributed by atoms with van der Waals surface area (Å²) in [4.78, 5) is 0. The van der Waals surface area contributed by atoms with Crippen LogP contribution in [0.15, 0.2) is 23.9 Å². The number of aryl methyl sites for hydroxylation is 1. The molecule has 0 unspecified atom stereocenters. The minimum Gasteiger partial charge on any atom is -0.256 e. The van der Waals surface area contributed by atoms with Gasteiger partial charge in [0.15, 0.2) is 5.03 Å². The molecule has 0 spiro atoms. The molecular formula is C7H11N3O2S. The van der Waals surface area contributed by atoms with Gasteiger partial charge in [0, 0.05) is 12.6 Å². The first-order chi connectivity index (χ1) is 5.96. The van der Waals surface area contributed by atoms with E-state index in [1.54, 1.807) is 6.08 Å². The Morgan fingerprint density at radius 3 is 2.85 bits per heavy atom. The van der Waals surface area contributed by atoms with E-state index < -0.39 is 10.0 Å². The van der Waals surface area contributed by atoms with Gasteiger partial charge in [-0.2, -0.15) is 5.10 Å². The van der Waals surface area contributed by atoms with Crippen molar-refractivity contribution in [2.24, 2.45) is 12.2 Å². The average Bonchev–Trinajstić information content (AvgIpc) is 2.31. The number of hydrogen-bond acceptors (Lipinski definition) is 3. The van der Waals surface area contributed by atoms with Gasteiger partial charge in [-0.1, -0.05) is 6.08 Å². The van der Waals surface area contributed by atoms with Crippen molar-refractivity contribution in [2.75, 3.05) is 0 Å². The fourth-order valence-corrected chi connectivity index (χ4v) is 2.05. The summed E-state index contributed by atoms with van der Waals surface area (Å²) in [6.07, 6.45) is 3.52. The Balaban J connectivity index is 3.32. The van der Waals surface area contributed by atoms with Crippen molar-refractivity contribution in [1.29, 1.82) is 0 Å². The van der Waals surface area contributed by atoms with Crippen LogP contribution >= 0.6 is 0 Å². The zero-order valence-electron chi connectivity index (χ0n) is 7.27. The van der Waals surface area contributed by atoms with Crippen LogP contribution < -0.4 is 5.14 Å². The van der Waals surface area contributed by atoms with E-state index in [1.807, 2.05) is 0 Å². The molecule has 0 aliphatic rings. The Morgan fingerprint density at radius 2 is 2.38 bits per heavy atom. The highest BCUT2D eigenvalue weighted by molar-refractivity contribution is 7.89. The summed E-state index contributed by atoms with van der Waals surface area (Å²) < 4.78 is 23.4. The van der Waals surface area contributed by atoms with Crippen LogP contribution in [-0.2, 0) is 23.5 Å². The molecule has 2 N–H and O–H groups in total. The van der Waals surface area contributed by atoms with Crippen LogP contribution in [0.25, 0.3) is 0 Å². The van der Waals surface area contributed by atoms with Crippen LogP contribution in [0.1, 0.15) is 5.56 Å². The van der Waals surface area contributed by atoms with Crippen molar-refractivity contribution in [1.82, 2.24) is 9.78 Å². The lowest BCUT2D eigenvalue weighted by Crippen LogP contribution is -2.18. The number of hydrogen-bond donors (Lipinski definition) is 1. The number of nitrogens with zero attached hydrogens (tertiary/aromatic N) is 2. The van der Waals surface area contributed by atoms with E-state index in [0.29, 0.717) is 12.0 Å². The van der Waals surface area contributed by atoms with E-state index >= 15 is 0 Å². The minimum atomic E-state index is -3.69. The number of allylic oxidation sites excluding steroid dienone is 1. The average molecular weight is 201 g/mol. The van der Waals surface area contributed by atoms with Crippen LogP contribution in [0.4, 0.5) is 0 Å². The van der Waals surface area contributed by atoms with E-state index in [9.17, 15) is 8.42 Å². The van der Waals surface area contributed by atoms with Gasteiger partial charge in [-0.05, 0) is 6.42 Å². The van der Waals surface area contributed by atoms with E-state index in [2.05, 4.69) is 11.7 Å². The molecule has 0 aromatic carbocycles. The molecule has 1 heterocycles. The largest absolute Gasteiger partial charge is 0.256 e. The fraction of sp³-hybridized carbons (Fsp3) is 0.286. The zero-order chi connectivity index (χ0) is 10.1. The Hall–Kier alpha value is -1.14. The summed E-state index contributed by atoms with van der Waals surface area (Å²) in [6, 6.07) is 0. The summed E-state index contributed by atoms with van der Waals surface area (Å²) >= 11 is 0. The number of sulfonamides is 1. The molecule has 1 rings (SSSR count). The summed E-state index contributed by atoms with van der Waals surface area (Å²) in [6.45, 7) is 3.52. The predicted molar refractivity (Wildman–Crippen MR) is 48.5 cm³/mol. The molecule has 6 heteroatoms. The normalized spacial score (nSPS) is 11.5. The van der Waals surface area contributed by atoms with Crippen molar-refractivity contribution in [3.63, 3.8) is 0 Å². The third-order valence-electron chi connectivity index (χ3n) is 1.59. The lowest BCUT2D eigenvalue weighted by molar-refractivity contribution is 0.577. The van der Waals surface area contributed by atoms with Crippen molar-refractivity contribution >= 4 is 10.0 Å². The maximum Gasteiger partial charge on any atom is 0.255 e. The van der Waals surface area contributed by atoms with Crippen molar-refractivity contribution in [3.05, 3.63) is 24.4 Å². The lowest BCUT2D eigenvalue weighted by atomic mass is 10.2. The van der Waals surface area contributed by atoms with Crippen molar-refractivity contribution in [2.45, 2.75) is 11.4 Å². The van der Waals surface area contributed by atoms with E-state index in [-0.39, 0.29) is 5.03 Å². The van der Waals surface area contributed by atoms with Gasteiger partial charge in [0.2, 0.25) is 0 Å². The molecule has 0 aliphatic carbocycles. The van der Waals surface area contributed by atoms with Crippen LogP contribution in [0.3, 0.4) is 0 Å². The van der Waals surface area contributed by atoms with Gasteiger partial charge in [-0.3, -0.25) is 4.68 Å². The summed E-state index contributed by atoms with van der Waals surface area (Å²) in [7, 11) is -2.16. The molecule has 0 saturated carbocycles. The molecule has 0 saturated heterocycles. The van der Waals surface area contributed by atoms with Gasteiger partial charge in [0.05, 0.1) is 6.20 Å². The highest BCUT2D eigenvalue weighted by Crippen LogP contribution is 2.13. The number of aromatic nitrogens is 2. The third-order valence-corrected chi connectivity index (χ3v) is 2.65. The predicted octanol–water partition coefficient (Wildman–Crippen LogP) is -0.204. The zero-order valence-corrected chi connectivity index (χ0v) is 8.08. The molecule has 0 fully saturated rings. The molecule has 13 heavy (non-hydrogen) atoms. The quantitative estimate of drug-likeness (QED) is 0.688. The molecule has 0 aliphatic heterocycles. The maximum absolute atomic E-state index is 11.1. The summed E-state index contributed by atoms with van der Waals surface area (Å²) in [5.74, 6) is 0. The van der Waals surface area contributed by atoms with E-state index in [0.717, 1.165) is 0 Å². The molecule has 1 aromatic rings. The third kappa shape index (κ3) is 1.96. The van der Waals surface area contributed by atoms with Gasteiger partial charge in [0.25, 0.3) is 10.0 Å². The SMILES string of the molecule is C=CCc1cnn(C)c1S(N)(=O)=O. The molecule has 0 radical (unpaired) electrons. The standard InChI is InChI=1S/C7H11N3O2S/c1-3-4-6-5-9-10(2)7(6)13(8,11)12/h3,5H,1,4H2,2H3,(H2,8,11,12). The molecule has 0 amide bonds. The van der Waals surface area contributed by atoms with Crippen molar-refractivity contribution < 1.29 is 8.42 Å². The van der Waals surface area contributed by atoms with Gasteiger partial charge >= 0.3 is 0 Å². The van der Waals surface area contributed by atoms with Gasteiger partial charge in [0.1, 0.15) is 0 Å². The molecular weight excluding hydrogens is 190 g/mol. The lowest BCUT2D eigenvalue weighted by Gasteiger charge is -2.00. The van der Waals surface area contributed by atoms with Gasteiger partial charge in [-0.15, -0.1) is 6.58 Å². The van der Waals surface area contributed by atoms with E-state index in [4.69, 9.17) is 5.14 Å². The van der Waals surface area contributed by atoms with E-state index in [1.165, 1.54) is 17.9 Å².